The topological polar surface area (TPSA) is 0 Å². The van der Waals surface area contributed by atoms with Crippen LogP contribution in [0.1, 0.15) is 13.8 Å². The van der Waals surface area contributed by atoms with Crippen LogP contribution in [-0.2, 0) is 0 Å². The van der Waals surface area contributed by atoms with Crippen LogP contribution < -0.4 is 37.2 Å². The van der Waals surface area contributed by atoms with Crippen molar-refractivity contribution in [3.05, 3.63) is 0 Å². The third-order valence-corrected chi connectivity index (χ3v) is 2.74. The van der Waals surface area contributed by atoms with E-state index in [0.717, 1.165) is 5.92 Å². The molecule has 8 heavy (non-hydrogen) atoms. The molecule has 0 amide bonds. The van der Waals surface area contributed by atoms with Crippen molar-refractivity contribution in [3.8, 4) is 0 Å². The second-order valence-electron chi connectivity index (χ2n) is 1.60. The normalized spacial score (nSPS) is 6.12. The molecule has 0 nitrogen and oxygen atoms in total. The summed E-state index contributed by atoms with van der Waals surface area (Å²) in [5, 5.41) is 0. The molecule has 0 aromatic carbocycles. The van der Waals surface area contributed by atoms with Crippen molar-refractivity contribution < 1.29 is 37.2 Å². The van der Waals surface area contributed by atoms with Crippen LogP contribution in [0.2, 0.25) is 4.44 Å². The van der Waals surface area contributed by atoms with E-state index in [2.05, 4.69) is 13.8 Å². The van der Waals surface area contributed by atoms with E-state index in [9.17, 15) is 0 Å². The molecule has 0 atom stereocenters. The van der Waals surface area contributed by atoms with Crippen LogP contribution in [0, 0.1) is 5.92 Å². The van der Waals surface area contributed by atoms with E-state index in [-0.39, 0.29) is 37.2 Å². The molecule has 0 saturated heterocycles. The van der Waals surface area contributed by atoms with Gasteiger partial charge in [0, 0.05) is 0 Å². The molecule has 0 N–H and O–H groups in total. The predicted octanol–water partition coefficient (Wildman–Crippen LogP) is -7.76. The first-order valence-electron chi connectivity index (χ1n) is 1.92. The van der Waals surface area contributed by atoms with Gasteiger partial charge in [-0.3, -0.25) is 0 Å². The van der Waals surface area contributed by atoms with Gasteiger partial charge in [0.15, 0.2) is 0 Å². The van der Waals surface area contributed by atoms with Crippen LogP contribution in [-0.4, -0.2) is 22.5 Å². The average molecular weight is 282 g/mol. The van der Waals surface area contributed by atoms with Gasteiger partial charge in [-0.05, 0) is 0 Å². The number of hydrogen-bond acceptors (Lipinski definition) is 0. The zero-order valence-corrected chi connectivity index (χ0v) is 10.0. The zero-order valence-electron chi connectivity index (χ0n) is 4.92. The van der Waals surface area contributed by atoms with Crippen molar-refractivity contribution in [1.82, 2.24) is 0 Å². The van der Waals surface area contributed by atoms with Gasteiger partial charge in [0.1, 0.15) is 0 Å². The Morgan fingerprint density at radius 1 is 1.12 bits per heavy atom. The average Bonchev–Trinajstić information content (AvgIpc) is 1.38. The summed E-state index contributed by atoms with van der Waals surface area (Å²) in [5.74, 6) is 0.924. The summed E-state index contributed by atoms with van der Waals surface area (Å²) in [5.41, 5.74) is 0. The van der Waals surface area contributed by atoms with Gasteiger partial charge < -0.3 is 37.2 Å². The Kier molecular flexibility index (Phi) is 44.8. The molecule has 0 aromatic rings. The van der Waals surface area contributed by atoms with E-state index < -0.39 is 0 Å². The maximum atomic E-state index is 2.24. The SMILES string of the molecule is CC(C)[CH2][Sn+3].[Cl-].[Cl-].[Cl-]. The second kappa shape index (κ2) is 15.9. The Balaban J connectivity index is -0.0000000267. The minimum absolute atomic E-state index is 0. The molecule has 0 aromatic heterocycles. The molecule has 0 fully saturated rings. The molecule has 0 rings (SSSR count). The van der Waals surface area contributed by atoms with Gasteiger partial charge in [0.25, 0.3) is 0 Å². The molecular weight excluding hydrogens is 273 g/mol. The van der Waals surface area contributed by atoms with Crippen molar-refractivity contribution in [2.75, 3.05) is 0 Å². The summed E-state index contributed by atoms with van der Waals surface area (Å²) in [6.07, 6.45) is 0. The molecule has 4 heteroatoms. The summed E-state index contributed by atoms with van der Waals surface area (Å²) in [6, 6.07) is 0. The first-order valence-corrected chi connectivity index (χ1v) is 3.93. The molecule has 0 spiro atoms. The first kappa shape index (κ1) is 22.6. The quantitative estimate of drug-likeness (QED) is 0.419. The summed E-state index contributed by atoms with van der Waals surface area (Å²) in [7, 11) is 0. The maximum absolute atomic E-state index is 2.24. The molecule has 0 aliphatic heterocycles. The van der Waals surface area contributed by atoms with Crippen molar-refractivity contribution in [2.45, 2.75) is 18.3 Å². The van der Waals surface area contributed by atoms with Crippen molar-refractivity contribution in [3.63, 3.8) is 0 Å². The van der Waals surface area contributed by atoms with Crippen LogP contribution in [0.3, 0.4) is 0 Å². The molecule has 50 valence electrons. The van der Waals surface area contributed by atoms with Crippen molar-refractivity contribution in [1.29, 1.82) is 0 Å². The standard InChI is InChI=1S/C4H9.3ClH.Sn/c1-4(2)3;;;;/h4H,1H2,2-3H3;3*1H;/q;;;;+3/p-3. The molecule has 0 aliphatic rings. The molecule has 0 aliphatic carbocycles. The minimum Gasteiger partial charge on any atom is -1.00 e. The Morgan fingerprint density at radius 2 is 1.25 bits per heavy atom. The fraction of sp³-hybridized carbons (Fsp3) is 1.00. The number of hydrogen-bond donors (Lipinski definition) is 0. The summed E-state index contributed by atoms with van der Waals surface area (Å²) >= 11 is 1.66. The van der Waals surface area contributed by atoms with Gasteiger partial charge in [0.2, 0.25) is 0 Å². The number of rotatable bonds is 1. The summed E-state index contributed by atoms with van der Waals surface area (Å²) < 4.78 is 1.40. The van der Waals surface area contributed by atoms with Gasteiger partial charge >= 0.3 is 46.7 Å². The van der Waals surface area contributed by atoms with Crippen LogP contribution in [0.15, 0.2) is 0 Å². The maximum Gasteiger partial charge on any atom is -1.00 e. The minimum atomic E-state index is 0. The summed E-state index contributed by atoms with van der Waals surface area (Å²) in [4.78, 5) is 0. The monoisotopic (exact) mass is 282 g/mol. The van der Waals surface area contributed by atoms with Crippen LogP contribution >= 0.6 is 0 Å². The Hall–Kier alpha value is 1.67. The summed E-state index contributed by atoms with van der Waals surface area (Å²) in [6.45, 7) is 4.49. The molecule has 0 radical (unpaired) electrons. The van der Waals surface area contributed by atoms with Crippen LogP contribution in [0.4, 0.5) is 0 Å². The van der Waals surface area contributed by atoms with Gasteiger partial charge in [-0.25, -0.2) is 0 Å². The third-order valence-electron chi connectivity index (χ3n) is 0.408. The molecule has 0 unspecified atom stereocenters. The fourth-order valence-corrected chi connectivity index (χ4v) is 0. The van der Waals surface area contributed by atoms with E-state index in [1.807, 2.05) is 0 Å². The van der Waals surface area contributed by atoms with Crippen LogP contribution in [0.5, 0.6) is 0 Å². The molecule has 0 heterocycles. The zero-order chi connectivity index (χ0) is 4.28. The van der Waals surface area contributed by atoms with Crippen molar-refractivity contribution >= 4 is 22.5 Å². The fourth-order valence-electron chi connectivity index (χ4n) is 0. The van der Waals surface area contributed by atoms with E-state index in [4.69, 9.17) is 0 Å². The molecular formula is C4H9Cl3Sn. The third kappa shape index (κ3) is 25.3. The molecule has 0 bridgehead atoms. The molecule has 0 saturated carbocycles. The Morgan fingerprint density at radius 3 is 1.25 bits per heavy atom. The van der Waals surface area contributed by atoms with Gasteiger partial charge in [-0.15, -0.1) is 0 Å². The smallest absolute Gasteiger partial charge is 1.00 e. The second-order valence-corrected chi connectivity index (χ2v) is 2.76. The predicted molar refractivity (Wildman–Crippen MR) is 25.4 cm³/mol. The first-order chi connectivity index (χ1) is 2.27. The van der Waals surface area contributed by atoms with Gasteiger partial charge in [-0.2, -0.15) is 0 Å². The van der Waals surface area contributed by atoms with Crippen molar-refractivity contribution in [2.24, 2.45) is 5.92 Å². The van der Waals surface area contributed by atoms with E-state index in [1.54, 1.807) is 22.5 Å². The van der Waals surface area contributed by atoms with Gasteiger partial charge in [0.05, 0.1) is 0 Å². The van der Waals surface area contributed by atoms with E-state index in [1.165, 1.54) is 4.44 Å². The van der Waals surface area contributed by atoms with E-state index in [0.29, 0.717) is 0 Å². The van der Waals surface area contributed by atoms with Crippen LogP contribution in [0.25, 0.3) is 0 Å². The van der Waals surface area contributed by atoms with E-state index >= 15 is 0 Å². The number of halogens is 3. The Bertz CT molecular complexity index is 25.2. The largest absolute Gasteiger partial charge is 1.00 e. The van der Waals surface area contributed by atoms with Gasteiger partial charge in [-0.1, -0.05) is 0 Å². The Labute approximate surface area is 83.5 Å².